The van der Waals surface area contributed by atoms with Crippen LogP contribution in [0, 0.1) is 0 Å². The third-order valence-electron chi connectivity index (χ3n) is 2.55. The van der Waals surface area contributed by atoms with Crippen molar-refractivity contribution in [2.45, 2.75) is 26.5 Å². The highest BCUT2D eigenvalue weighted by Crippen LogP contribution is 2.04. The predicted molar refractivity (Wildman–Crippen MR) is 71.9 cm³/mol. The third-order valence-corrected chi connectivity index (χ3v) is 2.55. The lowest BCUT2D eigenvalue weighted by atomic mass is 10.2. The Kier molecular flexibility index (Phi) is 6.86. The maximum atomic E-state index is 5.63. The number of nitrogens with zero attached hydrogens (tertiary/aromatic N) is 1. The van der Waals surface area contributed by atoms with Gasteiger partial charge in [-0.25, -0.2) is 0 Å². The van der Waals surface area contributed by atoms with E-state index in [4.69, 9.17) is 10.5 Å². The summed E-state index contributed by atoms with van der Waals surface area (Å²) in [6.45, 7) is 8.37. The van der Waals surface area contributed by atoms with E-state index in [2.05, 4.69) is 43.0 Å². The molecule has 0 aliphatic rings. The fraction of sp³-hybridized carbons (Fsp3) is 0.571. The molecule has 0 aliphatic carbocycles. The van der Waals surface area contributed by atoms with E-state index in [1.165, 1.54) is 5.56 Å². The highest BCUT2D eigenvalue weighted by atomic mass is 16.5. The van der Waals surface area contributed by atoms with E-state index in [1.807, 2.05) is 6.07 Å². The van der Waals surface area contributed by atoms with Crippen molar-refractivity contribution in [3.63, 3.8) is 0 Å². The Balaban J connectivity index is 2.37. The molecule has 0 fully saturated rings. The maximum Gasteiger partial charge on any atom is 0.0597 e. The number of hydrogen-bond donors (Lipinski definition) is 1. The van der Waals surface area contributed by atoms with Crippen molar-refractivity contribution in [3.05, 3.63) is 35.9 Å². The molecule has 0 aliphatic heterocycles. The molecule has 1 aromatic carbocycles. The summed E-state index contributed by atoms with van der Waals surface area (Å²) in [6.07, 6.45) is 0.298. The first kappa shape index (κ1) is 14.2. The second-order valence-electron chi connectivity index (χ2n) is 4.47. The van der Waals surface area contributed by atoms with Crippen LogP contribution in [0.5, 0.6) is 0 Å². The number of nitrogens with two attached hydrogens (primary N) is 1. The molecule has 96 valence electrons. The first-order chi connectivity index (χ1) is 8.22. The van der Waals surface area contributed by atoms with Crippen molar-refractivity contribution in [2.75, 3.05) is 26.2 Å². The Bertz CT molecular complexity index is 288. The molecule has 0 unspecified atom stereocenters. The zero-order chi connectivity index (χ0) is 12.5. The minimum absolute atomic E-state index is 0.298. The molecule has 1 rings (SSSR count). The van der Waals surface area contributed by atoms with Gasteiger partial charge >= 0.3 is 0 Å². The number of ether oxygens (including phenoxy) is 1. The Labute approximate surface area is 105 Å². The van der Waals surface area contributed by atoms with Gasteiger partial charge in [0.25, 0.3) is 0 Å². The molecule has 3 heteroatoms. The van der Waals surface area contributed by atoms with Crippen LogP contribution in [0.15, 0.2) is 30.3 Å². The van der Waals surface area contributed by atoms with Gasteiger partial charge in [-0.15, -0.1) is 0 Å². The number of hydrogen-bond acceptors (Lipinski definition) is 3. The van der Waals surface area contributed by atoms with Crippen LogP contribution < -0.4 is 5.73 Å². The van der Waals surface area contributed by atoms with Crippen molar-refractivity contribution >= 4 is 0 Å². The summed E-state index contributed by atoms with van der Waals surface area (Å²) in [4.78, 5) is 2.33. The summed E-state index contributed by atoms with van der Waals surface area (Å²) in [7, 11) is 0. The Morgan fingerprint density at radius 2 is 1.88 bits per heavy atom. The first-order valence-corrected chi connectivity index (χ1v) is 6.30. The SMILES string of the molecule is CC(C)OCCN(CCN)Cc1ccccc1. The first-order valence-electron chi connectivity index (χ1n) is 6.30. The minimum Gasteiger partial charge on any atom is -0.377 e. The lowest BCUT2D eigenvalue weighted by molar-refractivity contribution is 0.0581. The molecule has 0 atom stereocenters. The Morgan fingerprint density at radius 3 is 2.47 bits per heavy atom. The van der Waals surface area contributed by atoms with Crippen molar-refractivity contribution in [1.82, 2.24) is 4.90 Å². The summed E-state index contributed by atoms with van der Waals surface area (Å²) in [5, 5.41) is 0. The van der Waals surface area contributed by atoms with Gasteiger partial charge in [-0.3, -0.25) is 4.90 Å². The molecule has 0 heterocycles. The van der Waals surface area contributed by atoms with Crippen molar-refractivity contribution < 1.29 is 4.74 Å². The van der Waals surface area contributed by atoms with Gasteiger partial charge in [0.05, 0.1) is 12.7 Å². The van der Waals surface area contributed by atoms with Gasteiger partial charge in [-0.05, 0) is 19.4 Å². The van der Waals surface area contributed by atoms with Gasteiger partial charge in [-0.1, -0.05) is 30.3 Å². The molecule has 2 N–H and O–H groups in total. The fourth-order valence-electron chi connectivity index (χ4n) is 1.71. The summed E-state index contributed by atoms with van der Waals surface area (Å²) in [6, 6.07) is 10.5. The zero-order valence-corrected chi connectivity index (χ0v) is 10.9. The number of benzene rings is 1. The Hall–Kier alpha value is -0.900. The molecule has 0 aromatic heterocycles. The van der Waals surface area contributed by atoms with Crippen LogP contribution in [-0.4, -0.2) is 37.2 Å². The number of rotatable bonds is 8. The second-order valence-corrected chi connectivity index (χ2v) is 4.47. The van der Waals surface area contributed by atoms with E-state index in [1.54, 1.807) is 0 Å². The highest BCUT2D eigenvalue weighted by Gasteiger charge is 2.05. The van der Waals surface area contributed by atoms with Crippen LogP contribution in [0.25, 0.3) is 0 Å². The molecule has 17 heavy (non-hydrogen) atoms. The summed E-state index contributed by atoms with van der Waals surface area (Å²) in [5.74, 6) is 0. The van der Waals surface area contributed by atoms with Crippen LogP contribution in [0.4, 0.5) is 0 Å². The monoisotopic (exact) mass is 236 g/mol. The second kappa shape index (κ2) is 8.23. The molecule has 0 spiro atoms. The molecule has 0 amide bonds. The van der Waals surface area contributed by atoms with Crippen molar-refractivity contribution in [1.29, 1.82) is 0 Å². The lowest BCUT2D eigenvalue weighted by Gasteiger charge is -2.22. The molecule has 0 bridgehead atoms. The van der Waals surface area contributed by atoms with Crippen LogP contribution in [0.2, 0.25) is 0 Å². The summed E-state index contributed by atoms with van der Waals surface area (Å²) < 4.78 is 5.57. The van der Waals surface area contributed by atoms with Gasteiger partial charge < -0.3 is 10.5 Å². The van der Waals surface area contributed by atoms with Crippen molar-refractivity contribution in [2.24, 2.45) is 5.73 Å². The van der Waals surface area contributed by atoms with Crippen LogP contribution >= 0.6 is 0 Å². The van der Waals surface area contributed by atoms with Gasteiger partial charge in [0.1, 0.15) is 0 Å². The molecule has 0 radical (unpaired) electrons. The minimum atomic E-state index is 0.298. The van der Waals surface area contributed by atoms with E-state index in [9.17, 15) is 0 Å². The third kappa shape index (κ3) is 6.41. The smallest absolute Gasteiger partial charge is 0.0597 e. The topological polar surface area (TPSA) is 38.5 Å². The Morgan fingerprint density at radius 1 is 1.18 bits per heavy atom. The molecule has 1 aromatic rings. The van der Waals surface area contributed by atoms with E-state index in [0.717, 1.165) is 26.2 Å². The van der Waals surface area contributed by atoms with Gasteiger partial charge in [0, 0.05) is 26.2 Å². The molecular formula is C14H24N2O. The molecule has 0 saturated carbocycles. The standard InChI is InChI=1S/C14H24N2O/c1-13(2)17-11-10-16(9-8-15)12-14-6-4-3-5-7-14/h3-7,13H,8-12,15H2,1-2H3. The average molecular weight is 236 g/mol. The quantitative estimate of drug-likeness (QED) is 0.749. The van der Waals surface area contributed by atoms with E-state index in [-0.39, 0.29) is 0 Å². The van der Waals surface area contributed by atoms with Crippen LogP contribution in [0.3, 0.4) is 0 Å². The van der Waals surface area contributed by atoms with E-state index >= 15 is 0 Å². The summed E-state index contributed by atoms with van der Waals surface area (Å²) in [5.41, 5.74) is 6.96. The zero-order valence-electron chi connectivity index (χ0n) is 10.9. The summed E-state index contributed by atoms with van der Waals surface area (Å²) >= 11 is 0. The molecule has 0 saturated heterocycles. The van der Waals surface area contributed by atoms with Gasteiger partial charge in [0.15, 0.2) is 0 Å². The molecule has 3 nitrogen and oxygen atoms in total. The van der Waals surface area contributed by atoms with E-state index in [0.29, 0.717) is 12.6 Å². The van der Waals surface area contributed by atoms with Crippen LogP contribution in [0.1, 0.15) is 19.4 Å². The average Bonchev–Trinajstić information content (AvgIpc) is 2.30. The van der Waals surface area contributed by atoms with Gasteiger partial charge in [-0.2, -0.15) is 0 Å². The molecular weight excluding hydrogens is 212 g/mol. The lowest BCUT2D eigenvalue weighted by Crippen LogP contribution is -2.32. The fourth-order valence-corrected chi connectivity index (χ4v) is 1.71. The largest absolute Gasteiger partial charge is 0.377 e. The van der Waals surface area contributed by atoms with Crippen molar-refractivity contribution in [3.8, 4) is 0 Å². The normalized spacial score (nSPS) is 11.4. The highest BCUT2D eigenvalue weighted by molar-refractivity contribution is 5.14. The predicted octanol–water partition coefficient (Wildman–Crippen LogP) is 1.87. The van der Waals surface area contributed by atoms with Gasteiger partial charge in [0.2, 0.25) is 0 Å². The maximum absolute atomic E-state index is 5.63. The van der Waals surface area contributed by atoms with E-state index < -0.39 is 0 Å². The van der Waals surface area contributed by atoms with Crippen LogP contribution in [-0.2, 0) is 11.3 Å².